The average Bonchev–Trinajstić information content (AvgIpc) is 2.54. The molecule has 1 amide bonds. The summed E-state index contributed by atoms with van der Waals surface area (Å²) in [5.41, 5.74) is 2.28. The van der Waals surface area contributed by atoms with E-state index in [1.807, 2.05) is 26.0 Å². The fourth-order valence-corrected chi connectivity index (χ4v) is 2.83. The highest BCUT2D eigenvalue weighted by molar-refractivity contribution is 8.00. The molecule has 0 aliphatic rings. The van der Waals surface area contributed by atoms with Crippen molar-refractivity contribution in [1.82, 2.24) is 4.98 Å². The van der Waals surface area contributed by atoms with Gasteiger partial charge in [0.25, 0.3) is 5.91 Å². The minimum atomic E-state index is -0.449. The standard InChI is InChI=1S/C17H17ClN2O3S/c1-11-3-5-14(12(2)7-11)24-10-17(22)23-9-16(21)20-15-6-4-13(18)8-19-15/h3-8H,9-10H2,1-2H3,(H,19,20,21). The van der Waals surface area contributed by atoms with Crippen LogP contribution in [0.1, 0.15) is 11.1 Å². The summed E-state index contributed by atoms with van der Waals surface area (Å²) in [6, 6.07) is 9.20. The highest BCUT2D eigenvalue weighted by atomic mass is 35.5. The Morgan fingerprint density at radius 3 is 2.71 bits per heavy atom. The maximum Gasteiger partial charge on any atom is 0.316 e. The second kappa shape index (κ2) is 8.70. The lowest BCUT2D eigenvalue weighted by atomic mass is 10.2. The molecule has 5 nitrogen and oxygen atoms in total. The number of carbonyl (C=O) groups excluding carboxylic acids is 2. The summed E-state index contributed by atoms with van der Waals surface area (Å²) in [7, 11) is 0. The van der Waals surface area contributed by atoms with Crippen LogP contribution in [0.25, 0.3) is 0 Å². The van der Waals surface area contributed by atoms with Gasteiger partial charge in [0.05, 0.1) is 10.8 Å². The molecule has 2 aromatic rings. The number of aryl methyl sites for hydroxylation is 2. The third-order valence-electron chi connectivity index (χ3n) is 3.04. The van der Waals surface area contributed by atoms with Crippen LogP contribution < -0.4 is 5.32 Å². The first-order chi connectivity index (χ1) is 11.4. The fourth-order valence-electron chi connectivity index (χ4n) is 1.91. The summed E-state index contributed by atoms with van der Waals surface area (Å²) in [6.45, 7) is 3.66. The number of esters is 1. The van der Waals surface area contributed by atoms with Gasteiger partial charge >= 0.3 is 5.97 Å². The number of thioether (sulfide) groups is 1. The van der Waals surface area contributed by atoms with Crippen LogP contribution >= 0.6 is 23.4 Å². The Hall–Kier alpha value is -2.05. The molecule has 1 heterocycles. The number of anilines is 1. The number of hydrogen-bond donors (Lipinski definition) is 1. The van der Waals surface area contributed by atoms with Gasteiger partial charge in [-0.3, -0.25) is 9.59 Å². The van der Waals surface area contributed by atoms with Gasteiger partial charge in [-0.1, -0.05) is 29.3 Å². The smallest absolute Gasteiger partial charge is 0.316 e. The number of nitrogens with zero attached hydrogens (tertiary/aromatic N) is 1. The molecule has 0 aliphatic carbocycles. The van der Waals surface area contributed by atoms with Gasteiger partial charge in [-0.25, -0.2) is 4.98 Å². The van der Waals surface area contributed by atoms with E-state index in [0.29, 0.717) is 10.8 Å². The Kier molecular flexibility index (Phi) is 6.63. The quantitative estimate of drug-likeness (QED) is 0.626. The number of amides is 1. The molecule has 24 heavy (non-hydrogen) atoms. The molecule has 7 heteroatoms. The first kappa shape index (κ1) is 18.3. The SMILES string of the molecule is Cc1ccc(SCC(=O)OCC(=O)Nc2ccc(Cl)cn2)c(C)c1. The van der Waals surface area contributed by atoms with E-state index in [4.69, 9.17) is 16.3 Å². The van der Waals surface area contributed by atoms with Crippen molar-refractivity contribution in [1.29, 1.82) is 0 Å². The number of aromatic nitrogens is 1. The van der Waals surface area contributed by atoms with E-state index >= 15 is 0 Å². The molecule has 0 unspecified atom stereocenters. The zero-order chi connectivity index (χ0) is 17.5. The van der Waals surface area contributed by atoms with Crippen LogP contribution in [0, 0.1) is 13.8 Å². The Morgan fingerprint density at radius 2 is 2.04 bits per heavy atom. The van der Waals surface area contributed by atoms with Crippen LogP contribution in [0.2, 0.25) is 5.02 Å². The minimum absolute atomic E-state index is 0.149. The van der Waals surface area contributed by atoms with E-state index in [9.17, 15) is 9.59 Å². The number of ether oxygens (including phenoxy) is 1. The van der Waals surface area contributed by atoms with E-state index in [2.05, 4.69) is 16.4 Å². The number of carbonyl (C=O) groups is 2. The van der Waals surface area contributed by atoms with Crippen LogP contribution in [0.3, 0.4) is 0 Å². The van der Waals surface area contributed by atoms with E-state index in [1.165, 1.54) is 23.5 Å². The molecule has 126 valence electrons. The fraction of sp³-hybridized carbons (Fsp3) is 0.235. The normalized spacial score (nSPS) is 10.3. The van der Waals surface area contributed by atoms with Crippen molar-refractivity contribution in [2.45, 2.75) is 18.7 Å². The number of halogens is 1. The van der Waals surface area contributed by atoms with Crippen molar-refractivity contribution >= 4 is 41.1 Å². The highest BCUT2D eigenvalue weighted by Gasteiger charge is 2.10. The molecule has 0 bridgehead atoms. The summed E-state index contributed by atoms with van der Waals surface area (Å²) in [4.78, 5) is 28.4. The molecule has 1 N–H and O–H groups in total. The van der Waals surface area contributed by atoms with Crippen LogP contribution in [0.5, 0.6) is 0 Å². The largest absolute Gasteiger partial charge is 0.455 e. The number of benzene rings is 1. The lowest BCUT2D eigenvalue weighted by Gasteiger charge is -2.08. The van der Waals surface area contributed by atoms with E-state index in [1.54, 1.807) is 12.1 Å². The van der Waals surface area contributed by atoms with Gasteiger partial charge in [0.15, 0.2) is 6.61 Å². The molecule has 0 fully saturated rings. The van der Waals surface area contributed by atoms with Gasteiger partial charge in [0.2, 0.25) is 0 Å². The van der Waals surface area contributed by atoms with Gasteiger partial charge < -0.3 is 10.1 Å². The molecule has 0 spiro atoms. The predicted octanol–water partition coefficient (Wildman–Crippen LogP) is 3.63. The monoisotopic (exact) mass is 364 g/mol. The first-order valence-electron chi connectivity index (χ1n) is 7.21. The molecule has 0 saturated carbocycles. The number of nitrogens with one attached hydrogen (secondary N) is 1. The summed E-state index contributed by atoms with van der Waals surface area (Å²) in [6.07, 6.45) is 1.42. The molecular weight excluding hydrogens is 348 g/mol. The molecule has 1 aromatic heterocycles. The summed E-state index contributed by atoms with van der Waals surface area (Å²) >= 11 is 7.10. The molecule has 1 aromatic carbocycles. The van der Waals surface area contributed by atoms with Crippen molar-refractivity contribution in [2.75, 3.05) is 17.7 Å². The zero-order valence-corrected chi connectivity index (χ0v) is 14.9. The highest BCUT2D eigenvalue weighted by Crippen LogP contribution is 2.23. The topological polar surface area (TPSA) is 68.3 Å². The van der Waals surface area contributed by atoms with Crippen molar-refractivity contribution in [3.8, 4) is 0 Å². The average molecular weight is 365 g/mol. The first-order valence-corrected chi connectivity index (χ1v) is 8.57. The maximum atomic E-state index is 11.7. The summed E-state index contributed by atoms with van der Waals surface area (Å²) in [5.74, 6) is -0.393. The summed E-state index contributed by atoms with van der Waals surface area (Å²) < 4.78 is 4.96. The van der Waals surface area contributed by atoms with Crippen LogP contribution in [0.4, 0.5) is 5.82 Å². The number of hydrogen-bond acceptors (Lipinski definition) is 5. The molecule has 0 atom stereocenters. The molecule has 0 aliphatic heterocycles. The van der Waals surface area contributed by atoms with Crippen molar-refractivity contribution in [2.24, 2.45) is 0 Å². The Morgan fingerprint density at radius 1 is 1.25 bits per heavy atom. The molecular formula is C17H17ClN2O3S. The van der Waals surface area contributed by atoms with Gasteiger partial charge in [0, 0.05) is 11.1 Å². The maximum absolute atomic E-state index is 11.7. The molecule has 2 rings (SSSR count). The Labute approximate surface area is 149 Å². The van der Waals surface area contributed by atoms with E-state index in [-0.39, 0.29) is 12.4 Å². The van der Waals surface area contributed by atoms with Crippen LogP contribution in [-0.2, 0) is 14.3 Å². The van der Waals surface area contributed by atoms with Gasteiger partial charge in [-0.2, -0.15) is 0 Å². The number of rotatable bonds is 6. The van der Waals surface area contributed by atoms with Gasteiger partial charge in [-0.15, -0.1) is 11.8 Å². The molecule has 0 radical (unpaired) electrons. The van der Waals surface area contributed by atoms with E-state index in [0.717, 1.165) is 10.5 Å². The van der Waals surface area contributed by atoms with Crippen molar-refractivity contribution in [3.05, 3.63) is 52.7 Å². The van der Waals surface area contributed by atoms with Crippen molar-refractivity contribution < 1.29 is 14.3 Å². The third kappa shape index (κ3) is 5.86. The third-order valence-corrected chi connectivity index (χ3v) is 4.41. The Balaban J connectivity index is 1.74. The van der Waals surface area contributed by atoms with Crippen molar-refractivity contribution in [3.63, 3.8) is 0 Å². The van der Waals surface area contributed by atoms with E-state index < -0.39 is 11.9 Å². The lowest BCUT2D eigenvalue weighted by molar-refractivity contribution is -0.144. The molecule has 0 saturated heterocycles. The summed E-state index contributed by atoms with van der Waals surface area (Å²) in [5, 5.41) is 3.00. The van der Waals surface area contributed by atoms with Gasteiger partial charge in [-0.05, 0) is 37.6 Å². The van der Waals surface area contributed by atoms with Crippen LogP contribution in [0.15, 0.2) is 41.4 Å². The lowest BCUT2D eigenvalue weighted by Crippen LogP contribution is -2.22. The van der Waals surface area contributed by atoms with Crippen LogP contribution in [-0.4, -0.2) is 29.2 Å². The minimum Gasteiger partial charge on any atom is -0.455 e. The second-order valence-corrected chi connectivity index (χ2v) is 6.58. The number of pyridine rings is 1. The van der Waals surface area contributed by atoms with Gasteiger partial charge in [0.1, 0.15) is 5.82 Å². The Bertz CT molecular complexity index is 735. The predicted molar refractivity (Wildman–Crippen MR) is 95.5 cm³/mol. The zero-order valence-electron chi connectivity index (χ0n) is 13.3. The second-order valence-electron chi connectivity index (χ2n) is 5.13.